The minimum Gasteiger partial charge on any atom is -0.495 e. The minimum absolute atomic E-state index is 0.306. The minimum atomic E-state index is -0.306. The Labute approximate surface area is 101 Å². The molecule has 0 spiro atoms. The van der Waals surface area contributed by atoms with Crippen molar-refractivity contribution in [3.05, 3.63) is 28.8 Å². The van der Waals surface area contributed by atoms with Crippen LogP contribution >= 0.6 is 11.6 Å². The van der Waals surface area contributed by atoms with E-state index in [4.69, 9.17) is 21.4 Å². The van der Waals surface area contributed by atoms with Crippen LogP contribution in [0.3, 0.4) is 0 Å². The number of aliphatic hydroxyl groups is 1. The van der Waals surface area contributed by atoms with E-state index in [1.165, 1.54) is 0 Å². The van der Waals surface area contributed by atoms with E-state index in [1.807, 2.05) is 18.2 Å². The predicted octanol–water partition coefficient (Wildman–Crippen LogP) is 1.86. The lowest BCUT2D eigenvalue weighted by atomic mass is 10.1. The lowest BCUT2D eigenvalue weighted by Gasteiger charge is -2.08. The maximum Gasteiger partial charge on any atom is 0.137 e. The van der Waals surface area contributed by atoms with Crippen molar-refractivity contribution >= 4 is 11.6 Å². The molecule has 0 saturated carbocycles. The van der Waals surface area contributed by atoms with Gasteiger partial charge in [-0.05, 0) is 37.6 Å². The number of hydrogen-bond donors (Lipinski definition) is 2. The van der Waals surface area contributed by atoms with Gasteiger partial charge >= 0.3 is 0 Å². The fraction of sp³-hybridized carbons (Fsp3) is 0.500. The molecule has 1 rings (SSSR count). The van der Waals surface area contributed by atoms with Crippen LogP contribution in [0.4, 0.5) is 0 Å². The first-order chi connectivity index (χ1) is 7.63. The van der Waals surface area contributed by atoms with Gasteiger partial charge in [-0.25, -0.2) is 0 Å². The Kier molecular flexibility index (Phi) is 5.60. The van der Waals surface area contributed by atoms with Gasteiger partial charge in [-0.2, -0.15) is 0 Å². The van der Waals surface area contributed by atoms with Crippen molar-refractivity contribution in [2.45, 2.75) is 19.4 Å². The second-order valence-electron chi connectivity index (χ2n) is 3.77. The Morgan fingerprint density at radius 2 is 2.25 bits per heavy atom. The normalized spacial score (nSPS) is 12.5. The van der Waals surface area contributed by atoms with Crippen LogP contribution in [0, 0.1) is 0 Å². The second kappa shape index (κ2) is 6.74. The van der Waals surface area contributed by atoms with Gasteiger partial charge < -0.3 is 15.2 Å². The first-order valence-electron chi connectivity index (χ1n) is 5.34. The summed E-state index contributed by atoms with van der Waals surface area (Å²) >= 11 is 6.01. The number of ether oxygens (including phenoxy) is 1. The van der Waals surface area contributed by atoms with Crippen LogP contribution in [0.1, 0.15) is 12.5 Å². The Bertz CT molecular complexity index is 329. The summed E-state index contributed by atoms with van der Waals surface area (Å²) < 4.78 is 5.08. The molecule has 0 heterocycles. The summed E-state index contributed by atoms with van der Waals surface area (Å²) in [6.07, 6.45) is 0.579. The molecular formula is C12H18ClNO2. The maximum absolute atomic E-state index is 9.06. The van der Waals surface area contributed by atoms with Gasteiger partial charge in [-0.3, -0.25) is 0 Å². The van der Waals surface area contributed by atoms with Crippen molar-refractivity contribution in [1.29, 1.82) is 0 Å². The summed E-state index contributed by atoms with van der Waals surface area (Å²) in [7, 11) is 1.60. The van der Waals surface area contributed by atoms with Crippen LogP contribution in [-0.4, -0.2) is 31.4 Å². The van der Waals surface area contributed by atoms with Gasteiger partial charge in [0.05, 0.1) is 18.2 Å². The molecule has 0 radical (unpaired) electrons. The first-order valence-corrected chi connectivity index (χ1v) is 5.72. The highest BCUT2D eigenvalue weighted by molar-refractivity contribution is 6.32. The van der Waals surface area contributed by atoms with Crippen molar-refractivity contribution in [2.24, 2.45) is 0 Å². The largest absolute Gasteiger partial charge is 0.495 e. The molecule has 0 aliphatic carbocycles. The van der Waals surface area contributed by atoms with Crippen LogP contribution in [0.25, 0.3) is 0 Å². The summed E-state index contributed by atoms with van der Waals surface area (Å²) in [6, 6.07) is 5.77. The van der Waals surface area contributed by atoms with E-state index in [0.29, 0.717) is 17.3 Å². The average molecular weight is 244 g/mol. The van der Waals surface area contributed by atoms with Crippen LogP contribution < -0.4 is 10.1 Å². The van der Waals surface area contributed by atoms with Crippen molar-refractivity contribution < 1.29 is 9.84 Å². The number of rotatable bonds is 6. The summed E-state index contributed by atoms with van der Waals surface area (Å²) in [5.74, 6) is 0.697. The van der Waals surface area contributed by atoms with Crippen LogP contribution in [0.5, 0.6) is 5.75 Å². The summed E-state index contributed by atoms with van der Waals surface area (Å²) in [6.45, 7) is 3.20. The quantitative estimate of drug-likeness (QED) is 0.750. The number of halogens is 1. The van der Waals surface area contributed by atoms with E-state index >= 15 is 0 Å². The standard InChI is InChI=1S/C12H18ClNO2/c1-9(15)8-14-6-5-10-3-4-12(16-2)11(13)7-10/h3-4,7,9,14-15H,5-6,8H2,1-2H3. The molecule has 1 unspecified atom stereocenters. The molecule has 0 aliphatic heterocycles. The van der Waals surface area contributed by atoms with Gasteiger partial charge in [0, 0.05) is 6.54 Å². The molecule has 0 amide bonds. The van der Waals surface area contributed by atoms with E-state index in [0.717, 1.165) is 18.5 Å². The van der Waals surface area contributed by atoms with Gasteiger partial charge in [0.1, 0.15) is 5.75 Å². The highest BCUT2D eigenvalue weighted by Gasteiger charge is 2.01. The van der Waals surface area contributed by atoms with Crippen molar-refractivity contribution in [1.82, 2.24) is 5.32 Å². The van der Waals surface area contributed by atoms with Crippen molar-refractivity contribution in [3.63, 3.8) is 0 Å². The smallest absolute Gasteiger partial charge is 0.137 e. The Morgan fingerprint density at radius 3 is 2.81 bits per heavy atom. The fourth-order valence-corrected chi connectivity index (χ4v) is 1.69. The Morgan fingerprint density at radius 1 is 1.50 bits per heavy atom. The highest BCUT2D eigenvalue weighted by atomic mass is 35.5. The SMILES string of the molecule is COc1ccc(CCNCC(C)O)cc1Cl. The number of benzene rings is 1. The molecule has 1 aromatic carbocycles. The molecule has 0 bridgehead atoms. The predicted molar refractivity (Wildman–Crippen MR) is 66.3 cm³/mol. The third-order valence-electron chi connectivity index (χ3n) is 2.25. The molecule has 90 valence electrons. The van der Waals surface area contributed by atoms with Gasteiger partial charge in [0.15, 0.2) is 0 Å². The lowest BCUT2D eigenvalue weighted by Crippen LogP contribution is -2.26. The zero-order valence-corrected chi connectivity index (χ0v) is 10.4. The Hall–Kier alpha value is -0.770. The Balaban J connectivity index is 2.40. The summed E-state index contributed by atoms with van der Waals surface area (Å²) in [5.41, 5.74) is 1.16. The third kappa shape index (κ3) is 4.39. The van der Waals surface area contributed by atoms with Crippen LogP contribution in [0.15, 0.2) is 18.2 Å². The molecule has 0 fully saturated rings. The molecule has 2 N–H and O–H groups in total. The first kappa shape index (κ1) is 13.3. The highest BCUT2D eigenvalue weighted by Crippen LogP contribution is 2.24. The zero-order valence-electron chi connectivity index (χ0n) is 9.66. The van der Waals surface area contributed by atoms with E-state index < -0.39 is 0 Å². The lowest BCUT2D eigenvalue weighted by molar-refractivity contribution is 0.191. The maximum atomic E-state index is 9.06. The molecule has 4 heteroatoms. The van der Waals surface area contributed by atoms with Crippen molar-refractivity contribution in [2.75, 3.05) is 20.2 Å². The summed E-state index contributed by atoms with van der Waals surface area (Å²) in [5, 5.41) is 12.9. The van der Waals surface area contributed by atoms with E-state index in [-0.39, 0.29) is 6.10 Å². The zero-order chi connectivity index (χ0) is 12.0. The molecule has 1 aromatic rings. The van der Waals surface area contributed by atoms with Gasteiger partial charge in [-0.15, -0.1) is 0 Å². The number of aliphatic hydroxyl groups excluding tert-OH is 1. The molecule has 0 aromatic heterocycles. The van der Waals surface area contributed by atoms with Crippen LogP contribution in [0.2, 0.25) is 5.02 Å². The van der Waals surface area contributed by atoms with Gasteiger partial charge in [0.25, 0.3) is 0 Å². The fourth-order valence-electron chi connectivity index (χ4n) is 1.41. The third-order valence-corrected chi connectivity index (χ3v) is 2.54. The van der Waals surface area contributed by atoms with E-state index in [1.54, 1.807) is 14.0 Å². The average Bonchev–Trinajstić information content (AvgIpc) is 2.24. The molecule has 0 aliphatic rings. The molecule has 1 atom stereocenters. The van der Waals surface area contributed by atoms with E-state index in [9.17, 15) is 0 Å². The second-order valence-corrected chi connectivity index (χ2v) is 4.18. The molecule has 3 nitrogen and oxygen atoms in total. The monoisotopic (exact) mass is 243 g/mol. The van der Waals surface area contributed by atoms with Crippen molar-refractivity contribution in [3.8, 4) is 5.75 Å². The van der Waals surface area contributed by atoms with Gasteiger partial charge in [-0.1, -0.05) is 17.7 Å². The molecule has 16 heavy (non-hydrogen) atoms. The van der Waals surface area contributed by atoms with Gasteiger partial charge in [0.2, 0.25) is 0 Å². The molecule has 0 saturated heterocycles. The summed E-state index contributed by atoms with van der Waals surface area (Å²) in [4.78, 5) is 0. The van der Waals surface area contributed by atoms with Crippen LogP contribution in [-0.2, 0) is 6.42 Å². The molecular weight excluding hydrogens is 226 g/mol. The van der Waals surface area contributed by atoms with E-state index in [2.05, 4.69) is 5.32 Å². The number of nitrogens with one attached hydrogen (secondary N) is 1. The number of methoxy groups -OCH3 is 1. The topological polar surface area (TPSA) is 41.5 Å². The number of hydrogen-bond acceptors (Lipinski definition) is 3.